The molecule has 1 saturated heterocycles. The van der Waals surface area contributed by atoms with Gasteiger partial charge in [0.25, 0.3) is 0 Å². The SMILES string of the molecule is Cl.O=C(C=Cc1ccccc1)NCCCN1CCOCC1. The molecule has 0 aromatic heterocycles. The number of amides is 1. The lowest BCUT2D eigenvalue weighted by Crippen LogP contribution is -2.38. The molecule has 0 spiro atoms. The van der Waals surface area contributed by atoms with E-state index in [0.717, 1.165) is 51.4 Å². The number of ether oxygens (including phenoxy) is 1. The van der Waals surface area contributed by atoms with Crippen molar-refractivity contribution in [2.24, 2.45) is 0 Å². The van der Waals surface area contributed by atoms with Crippen LogP contribution in [0.25, 0.3) is 6.08 Å². The lowest BCUT2D eigenvalue weighted by molar-refractivity contribution is -0.116. The van der Waals surface area contributed by atoms with Gasteiger partial charge in [-0.2, -0.15) is 0 Å². The quantitative estimate of drug-likeness (QED) is 0.645. The standard InChI is InChI=1S/C16H22N2O2.ClH/c19-16(8-7-15-5-2-1-3-6-15)17-9-4-10-18-11-13-20-14-12-18;/h1-3,5-8H,4,9-14H2,(H,17,19);1H. The number of halogens is 1. The maximum Gasteiger partial charge on any atom is 0.243 e. The molecule has 21 heavy (non-hydrogen) atoms. The van der Waals surface area contributed by atoms with Crippen LogP contribution in [-0.4, -0.2) is 50.2 Å². The Bertz CT molecular complexity index is 431. The Morgan fingerprint density at radius 1 is 1.24 bits per heavy atom. The number of carbonyl (C=O) groups is 1. The van der Waals surface area contributed by atoms with Crippen LogP contribution in [0.5, 0.6) is 0 Å². The van der Waals surface area contributed by atoms with Gasteiger partial charge in [0.05, 0.1) is 13.2 Å². The highest BCUT2D eigenvalue weighted by Crippen LogP contribution is 2.00. The molecule has 1 fully saturated rings. The van der Waals surface area contributed by atoms with Gasteiger partial charge in [0.1, 0.15) is 0 Å². The molecule has 1 amide bonds. The van der Waals surface area contributed by atoms with Crippen molar-refractivity contribution < 1.29 is 9.53 Å². The van der Waals surface area contributed by atoms with E-state index in [1.807, 2.05) is 36.4 Å². The van der Waals surface area contributed by atoms with Crippen molar-refractivity contribution in [3.63, 3.8) is 0 Å². The van der Waals surface area contributed by atoms with Gasteiger partial charge < -0.3 is 10.1 Å². The summed E-state index contributed by atoms with van der Waals surface area (Å²) in [6, 6.07) is 9.83. The minimum Gasteiger partial charge on any atom is -0.379 e. The topological polar surface area (TPSA) is 41.6 Å². The summed E-state index contributed by atoms with van der Waals surface area (Å²) in [5.74, 6) is -0.0316. The zero-order chi connectivity index (χ0) is 14.0. The van der Waals surface area contributed by atoms with Crippen molar-refractivity contribution in [2.75, 3.05) is 39.4 Å². The summed E-state index contributed by atoms with van der Waals surface area (Å²) < 4.78 is 5.30. The zero-order valence-corrected chi connectivity index (χ0v) is 13.0. The van der Waals surface area contributed by atoms with Crippen LogP contribution in [0.3, 0.4) is 0 Å². The van der Waals surface area contributed by atoms with E-state index in [1.165, 1.54) is 0 Å². The normalized spacial score (nSPS) is 15.6. The van der Waals surface area contributed by atoms with Gasteiger partial charge in [-0.3, -0.25) is 9.69 Å². The number of nitrogens with zero attached hydrogens (tertiary/aromatic N) is 1. The Kier molecular flexibility index (Phi) is 8.74. The summed E-state index contributed by atoms with van der Waals surface area (Å²) >= 11 is 0. The second-order valence-corrected chi connectivity index (χ2v) is 4.84. The van der Waals surface area contributed by atoms with Gasteiger partial charge in [-0.1, -0.05) is 30.3 Å². The molecule has 0 saturated carbocycles. The van der Waals surface area contributed by atoms with Crippen LogP contribution in [0.4, 0.5) is 0 Å². The van der Waals surface area contributed by atoms with E-state index in [9.17, 15) is 4.79 Å². The highest BCUT2D eigenvalue weighted by Gasteiger charge is 2.09. The van der Waals surface area contributed by atoms with E-state index in [0.29, 0.717) is 0 Å². The molecular weight excluding hydrogens is 288 g/mol. The average Bonchev–Trinajstić information content (AvgIpc) is 2.52. The van der Waals surface area contributed by atoms with E-state index >= 15 is 0 Å². The molecule has 0 unspecified atom stereocenters. The number of nitrogens with one attached hydrogen (secondary N) is 1. The van der Waals surface area contributed by atoms with Crippen LogP contribution in [0.1, 0.15) is 12.0 Å². The first kappa shape index (κ1) is 17.7. The van der Waals surface area contributed by atoms with Crippen LogP contribution in [0.15, 0.2) is 36.4 Å². The summed E-state index contributed by atoms with van der Waals surface area (Å²) in [5, 5.41) is 2.91. The number of morpholine rings is 1. The van der Waals surface area contributed by atoms with Crippen molar-refractivity contribution in [1.29, 1.82) is 0 Å². The third-order valence-electron chi connectivity index (χ3n) is 3.28. The van der Waals surface area contributed by atoms with Crippen LogP contribution in [-0.2, 0) is 9.53 Å². The molecule has 0 aliphatic carbocycles. The van der Waals surface area contributed by atoms with Crippen molar-refractivity contribution >= 4 is 24.4 Å². The minimum atomic E-state index is -0.0316. The van der Waals surface area contributed by atoms with Gasteiger partial charge in [0, 0.05) is 25.7 Å². The van der Waals surface area contributed by atoms with Gasteiger partial charge in [-0.25, -0.2) is 0 Å². The van der Waals surface area contributed by atoms with Gasteiger partial charge in [-0.15, -0.1) is 12.4 Å². The third-order valence-corrected chi connectivity index (χ3v) is 3.28. The summed E-state index contributed by atoms with van der Waals surface area (Å²) in [4.78, 5) is 14.0. The fraction of sp³-hybridized carbons (Fsp3) is 0.438. The second kappa shape index (κ2) is 10.4. The molecular formula is C16H23ClN2O2. The number of carbonyl (C=O) groups excluding carboxylic acids is 1. The van der Waals surface area contributed by atoms with Gasteiger partial charge in [-0.05, 0) is 24.6 Å². The Labute approximate surface area is 132 Å². The lowest BCUT2D eigenvalue weighted by Gasteiger charge is -2.26. The molecule has 5 heteroatoms. The Morgan fingerprint density at radius 3 is 2.67 bits per heavy atom. The van der Waals surface area contributed by atoms with Crippen LogP contribution in [0, 0.1) is 0 Å². The van der Waals surface area contributed by atoms with E-state index in [2.05, 4.69) is 10.2 Å². The summed E-state index contributed by atoms with van der Waals surface area (Å²) in [5.41, 5.74) is 1.04. The van der Waals surface area contributed by atoms with Crippen LogP contribution >= 0.6 is 12.4 Å². The predicted octanol–water partition coefficient (Wildman–Crippen LogP) is 1.96. The van der Waals surface area contributed by atoms with Gasteiger partial charge in [0.2, 0.25) is 5.91 Å². The Balaban J connectivity index is 0.00000220. The summed E-state index contributed by atoms with van der Waals surface area (Å²) in [7, 11) is 0. The number of hydrogen-bond acceptors (Lipinski definition) is 3. The number of rotatable bonds is 6. The third kappa shape index (κ3) is 7.27. The van der Waals surface area contributed by atoms with E-state index in [1.54, 1.807) is 6.08 Å². The highest BCUT2D eigenvalue weighted by molar-refractivity contribution is 5.91. The molecule has 116 valence electrons. The Hall–Kier alpha value is -1.36. The van der Waals surface area contributed by atoms with Crippen molar-refractivity contribution in [2.45, 2.75) is 6.42 Å². The van der Waals surface area contributed by atoms with Gasteiger partial charge >= 0.3 is 0 Å². The second-order valence-electron chi connectivity index (χ2n) is 4.84. The molecule has 1 N–H and O–H groups in total. The maximum absolute atomic E-state index is 11.6. The smallest absolute Gasteiger partial charge is 0.243 e. The average molecular weight is 311 g/mol. The number of hydrogen-bond donors (Lipinski definition) is 1. The Morgan fingerprint density at radius 2 is 1.95 bits per heavy atom. The molecule has 4 nitrogen and oxygen atoms in total. The van der Waals surface area contributed by atoms with Crippen LogP contribution < -0.4 is 5.32 Å². The lowest BCUT2D eigenvalue weighted by atomic mass is 10.2. The fourth-order valence-electron chi connectivity index (χ4n) is 2.13. The first-order valence-corrected chi connectivity index (χ1v) is 7.16. The largest absolute Gasteiger partial charge is 0.379 e. The molecule has 1 aliphatic rings. The molecule has 1 aliphatic heterocycles. The molecule has 1 aromatic carbocycles. The van der Waals surface area contributed by atoms with Crippen LogP contribution in [0.2, 0.25) is 0 Å². The summed E-state index contributed by atoms with van der Waals surface area (Å²) in [6.45, 7) is 5.39. The van der Waals surface area contributed by atoms with Gasteiger partial charge in [0.15, 0.2) is 0 Å². The number of benzene rings is 1. The molecule has 2 rings (SSSR count). The molecule has 0 bridgehead atoms. The molecule has 0 atom stereocenters. The molecule has 1 aromatic rings. The predicted molar refractivity (Wildman–Crippen MR) is 87.6 cm³/mol. The fourth-order valence-corrected chi connectivity index (χ4v) is 2.13. The first-order chi connectivity index (χ1) is 9.84. The van der Waals surface area contributed by atoms with Crippen molar-refractivity contribution in [1.82, 2.24) is 10.2 Å². The van der Waals surface area contributed by atoms with E-state index < -0.39 is 0 Å². The monoisotopic (exact) mass is 310 g/mol. The molecule has 1 heterocycles. The maximum atomic E-state index is 11.6. The first-order valence-electron chi connectivity index (χ1n) is 7.16. The summed E-state index contributed by atoms with van der Waals surface area (Å²) in [6.07, 6.45) is 4.40. The van der Waals surface area contributed by atoms with E-state index in [4.69, 9.17) is 4.74 Å². The highest BCUT2D eigenvalue weighted by atomic mass is 35.5. The molecule has 0 radical (unpaired) electrons. The zero-order valence-electron chi connectivity index (χ0n) is 12.2. The minimum absolute atomic E-state index is 0. The van der Waals surface area contributed by atoms with Crippen molar-refractivity contribution in [3.05, 3.63) is 42.0 Å². The van der Waals surface area contributed by atoms with E-state index in [-0.39, 0.29) is 18.3 Å². The van der Waals surface area contributed by atoms with Crippen molar-refractivity contribution in [3.8, 4) is 0 Å².